The lowest BCUT2D eigenvalue weighted by atomic mass is 10.3. The molecule has 116 valence electrons. The van der Waals surface area contributed by atoms with Gasteiger partial charge in [0.15, 0.2) is 5.69 Å². The molecule has 0 aliphatic carbocycles. The zero-order valence-electron chi connectivity index (χ0n) is 12.4. The third kappa shape index (κ3) is 4.27. The summed E-state index contributed by atoms with van der Waals surface area (Å²) < 4.78 is 9.73. The first kappa shape index (κ1) is 15.5. The number of aromatic nitrogens is 2. The second kappa shape index (κ2) is 7.75. The minimum absolute atomic E-state index is 0.251. The average molecular weight is 295 g/mol. The van der Waals surface area contributed by atoms with Crippen LogP contribution in [0.2, 0.25) is 0 Å². The number of rotatable bonds is 6. The molecule has 0 amide bonds. The third-order valence-electron chi connectivity index (χ3n) is 3.14. The predicted molar refractivity (Wildman–Crippen MR) is 78.8 cm³/mol. The third-order valence-corrected chi connectivity index (χ3v) is 3.14. The van der Waals surface area contributed by atoms with E-state index in [-0.39, 0.29) is 5.69 Å². The lowest BCUT2D eigenvalue weighted by Gasteiger charge is -2.28. The van der Waals surface area contributed by atoms with Crippen LogP contribution in [0.15, 0.2) is 6.07 Å². The number of piperazine rings is 1. The van der Waals surface area contributed by atoms with Gasteiger partial charge in [-0.3, -0.25) is 0 Å². The van der Waals surface area contributed by atoms with Gasteiger partial charge in [-0.25, -0.2) is 9.78 Å². The number of ether oxygens (including phenoxy) is 2. The smallest absolute Gasteiger partial charge is 0.356 e. The summed E-state index contributed by atoms with van der Waals surface area (Å²) in [4.78, 5) is 22.5. The van der Waals surface area contributed by atoms with E-state index in [4.69, 9.17) is 9.47 Å². The van der Waals surface area contributed by atoms with Gasteiger partial charge in [0.2, 0.25) is 5.95 Å². The van der Waals surface area contributed by atoms with Crippen molar-refractivity contribution in [3.8, 4) is 0 Å². The van der Waals surface area contributed by atoms with Crippen molar-refractivity contribution >= 4 is 17.7 Å². The minimum Gasteiger partial charge on any atom is -0.464 e. The molecule has 8 nitrogen and oxygen atoms in total. The van der Waals surface area contributed by atoms with Gasteiger partial charge in [0, 0.05) is 45.9 Å². The highest BCUT2D eigenvalue weighted by atomic mass is 16.5. The molecule has 1 saturated heterocycles. The molecule has 21 heavy (non-hydrogen) atoms. The van der Waals surface area contributed by atoms with Gasteiger partial charge in [0.25, 0.3) is 0 Å². The Hall–Kier alpha value is -1.93. The average Bonchev–Trinajstić information content (AvgIpc) is 2.55. The summed E-state index contributed by atoms with van der Waals surface area (Å²) in [5, 5.41) is 6.33. The van der Waals surface area contributed by atoms with Gasteiger partial charge in [-0.2, -0.15) is 4.98 Å². The highest BCUT2D eigenvalue weighted by Crippen LogP contribution is 2.16. The predicted octanol–water partition coefficient (Wildman–Crippen LogP) is -0.269. The van der Waals surface area contributed by atoms with E-state index in [1.165, 1.54) is 7.11 Å². The van der Waals surface area contributed by atoms with Crippen LogP contribution in [-0.2, 0) is 9.47 Å². The van der Waals surface area contributed by atoms with Crippen molar-refractivity contribution in [1.29, 1.82) is 0 Å². The summed E-state index contributed by atoms with van der Waals surface area (Å²) >= 11 is 0. The van der Waals surface area contributed by atoms with Crippen LogP contribution in [-0.4, -0.2) is 69.5 Å². The fourth-order valence-electron chi connectivity index (χ4n) is 2.04. The number of hydrogen-bond acceptors (Lipinski definition) is 8. The van der Waals surface area contributed by atoms with Gasteiger partial charge >= 0.3 is 5.97 Å². The zero-order valence-corrected chi connectivity index (χ0v) is 12.4. The second-order valence-electron chi connectivity index (χ2n) is 4.58. The molecule has 0 spiro atoms. The van der Waals surface area contributed by atoms with Crippen LogP contribution in [0.5, 0.6) is 0 Å². The number of hydrogen-bond donors (Lipinski definition) is 2. The summed E-state index contributed by atoms with van der Waals surface area (Å²) in [5.74, 6) is 0.666. The van der Waals surface area contributed by atoms with E-state index in [1.807, 2.05) is 0 Å². The molecule has 2 heterocycles. The van der Waals surface area contributed by atoms with Gasteiger partial charge in [0.1, 0.15) is 5.82 Å². The Balaban J connectivity index is 2.20. The number of anilines is 2. The summed E-state index contributed by atoms with van der Waals surface area (Å²) in [6.45, 7) is 4.58. The van der Waals surface area contributed by atoms with E-state index < -0.39 is 5.97 Å². The van der Waals surface area contributed by atoms with Crippen LogP contribution in [0.4, 0.5) is 11.8 Å². The summed E-state index contributed by atoms with van der Waals surface area (Å²) in [6, 6.07) is 1.67. The molecular formula is C13H21N5O3. The summed E-state index contributed by atoms with van der Waals surface area (Å²) in [7, 11) is 2.96. The minimum atomic E-state index is -0.469. The molecule has 2 rings (SSSR count). The molecule has 1 aromatic rings. The maximum atomic E-state index is 11.7. The molecule has 8 heteroatoms. The second-order valence-corrected chi connectivity index (χ2v) is 4.58. The number of carbonyl (C=O) groups excluding carboxylic acids is 1. The quantitative estimate of drug-likeness (QED) is 0.548. The topological polar surface area (TPSA) is 88.6 Å². The molecule has 1 aliphatic rings. The number of nitrogens with zero attached hydrogens (tertiary/aromatic N) is 3. The van der Waals surface area contributed by atoms with Crippen molar-refractivity contribution in [1.82, 2.24) is 15.3 Å². The van der Waals surface area contributed by atoms with Crippen molar-refractivity contribution < 1.29 is 14.3 Å². The van der Waals surface area contributed by atoms with Gasteiger partial charge in [0.05, 0.1) is 13.7 Å². The van der Waals surface area contributed by atoms with E-state index in [0.29, 0.717) is 19.1 Å². The Morgan fingerprint density at radius 3 is 2.81 bits per heavy atom. The first-order valence-corrected chi connectivity index (χ1v) is 6.90. The molecule has 0 unspecified atom stereocenters. The Morgan fingerprint density at radius 1 is 1.38 bits per heavy atom. The maximum absolute atomic E-state index is 11.7. The molecule has 1 aromatic heterocycles. The molecule has 1 aliphatic heterocycles. The van der Waals surface area contributed by atoms with Crippen LogP contribution in [0.3, 0.4) is 0 Å². The standard InChI is InChI=1S/C13H21N5O3/c1-20-8-5-15-13-16-10(12(19)21-2)9-11(17-13)18-6-3-14-4-7-18/h9,14H,3-8H2,1-2H3,(H,15,16,17). The SMILES string of the molecule is COCCNc1nc(C(=O)OC)cc(N2CCNCC2)n1. The Kier molecular flexibility index (Phi) is 5.70. The summed E-state index contributed by atoms with van der Waals surface area (Å²) in [6.07, 6.45) is 0. The maximum Gasteiger partial charge on any atom is 0.356 e. The van der Waals surface area contributed by atoms with Crippen LogP contribution >= 0.6 is 0 Å². The lowest BCUT2D eigenvalue weighted by Crippen LogP contribution is -2.44. The first-order valence-electron chi connectivity index (χ1n) is 6.90. The first-order chi connectivity index (χ1) is 10.2. The monoisotopic (exact) mass is 295 g/mol. The molecule has 0 bridgehead atoms. The fourth-order valence-corrected chi connectivity index (χ4v) is 2.04. The van der Waals surface area contributed by atoms with E-state index in [0.717, 1.165) is 32.0 Å². The highest BCUT2D eigenvalue weighted by molar-refractivity contribution is 5.88. The van der Waals surface area contributed by atoms with Gasteiger partial charge in [-0.05, 0) is 0 Å². The zero-order chi connectivity index (χ0) is 15.1. The molecule has 0 atom stereocenters. The highest BCUT2D eigenvalue weighted by Gasteiger charge is 2.17. The van der Waals surface area contributed by atoms with Crippen LogP contribution < -0.4 is 15.5 Å². The van der Waals surface area contributed by atoms with E-state index in [2.05, 4.69) is 25.5 Å². The lowest BCUT2D eigenvalue weighted by molar-refractivity contribution is 0.0594. The molecule has 1 fully saturated rings. The van der Waals surface area contributed by atoms with Crippen molar-refractivity contribution in [2.75, 3.05) is 63.8 Å². The Morgan fingerprint density at radius 2 is 2.14 bits per heavy atom. The van der Waals surface area contributed by atoms with Crippen molar-refractivity contribution in [2.24, 2.45) is 0 Å². The van der Waals surface area contributed by atoms with Crippen molar-refractivity contribution in [3.05, 3.63) is 11.8 Å². The normalized spacial score (nSPS) is 14.9. The van der Waals surface area contributed by atoms with Crippen molar-refractivity contribution in [3.63, 3.8) is 0 Å². The largest absolute Gasteiger partial charge is 0.464 e. The molecule has 0 radical (unpaired) electrons. The van der Waals surface area contributed by atoms with E-state index in [1.54, 1.807) is 13.2 Å². The molecule has 0 aromatic carbocycles. The van der Waals surface area contributed by atoms with Gasteiger partial charge < -0.3 is 25.0 Å². The number of carbonyl (C=O) groups is 1. The Bertz CT molecular complexity index is 477. The Labute approximate surface area is 123 Å². The summed E-state index contributed by atoms with van der Waals surface area (Å²) in [5.41, 5.74) is 0.251. The molecule has 2 N–H and O–H groups in total. The van der Waals surface area contributed by atoms with Gasteiger partial charge in [-0.15, -0.1) is 0 Å². The number of nitrogens with one attached hydrogen (secondary N) is 2. The van der Waals surface area contributed by atoms with Crippen LogP contribution in [0.1, 0.15) is 10.5 Å². The number of methoxy groups -OCH3 is 2. The number of esters is 1. The molecule has 0 saturated carbocycles. The van der Waals surface area contributed by atoms with Crippen LogP contribution in [0, 0.1) is 0 Å². The van der Waals surface area contributed by atoms with Gasteiger partial charge in [-0.1, -0.05) is 0 Å². The van der Waals surface area contributed by atoms with E-state index >= 15 is 0 Å². The van der Waals surface area contributed by atoms with E-state index in [9.17, 15) is 4.79 Å². The molecular weight excluding hydrogens is 274 g/mol. The van der Waals surface area contributed by atoms with Crippen molar-refractivity contribution in [2.45, 2.75) is 0 Å². The van der Waals surface area contributed by atoms with Crippen LogP contribution in [0.25, 0.3) is 0 Å². The fraction of sp³-hybridized carbons (Fsp3) is 0.615.